The zero-order valence-corrected chi connectivity index (χ0v) is 18.6. The first-order chi connectivity index (χ1) is 14.3. The lowest BCUT2D eigenvalue weighted by molar-refractivity contribution is -0.157. The molecule has 0 radical (unpaired) electrons. The van der Waals surface area contributed by atoms with E-state index in [2.05, 4.69) is 5.32 Å². The zero-order chi connectivity index (χ0) is 22.3. The van der Waals surface area contributed by atoms with Gasteiger partial charge in [-0.15, -0.1) is 0 Å². The molecule has 1 heterocycles. The molecular formula is C22H35N3O5. The van der Waals surface area contributed by atoms with Crippen molar-refractivity contribution in [1.29, 1.82) is 0 Å². The van der Waals surface area contributed by atoms with Crippen LogP contribution in [0.1, 0.15) is 59.3 Å². The van der Waals surface area contributed by atoms with Crippen LogP contribution in [0.5, 0.6) is 0 Å². The van der Waals surface area contributed by atoms with Crippen molar-refractivity contribution >= 4 is 24.2 Å². The number of hydrogen-bond donors (Lipinski definition) is 1. The van der Waals surface area contributed by atoms with Crippen molar-refractivity contribution in [1.82, 2.24) is 15.1 Å². The van der Waals surface area contributed by atoms with Crippen molar-refractivity contribution in [3.05, 3.63) is 11.6 Å². The first-order valence-electron chi connectivity index (χ1n) is 10.9. The van der Waals surface area contributed by atoms with E-state index in [1.54, 1.807) is 24.9 Å². The van der Waals surface area contributed by atoms with E-state index in [4.69, 9.17) is 4.74 Å². The molecule has 0 unspecified atom stereocenters. The van der Waals surface area contributed by atoms with E-state index < -0.39 is 6.04 Å². The van der Waals surface area contributed by atoms with E-state index in [-0.39, 0.29) is 42.4 Å². The molecule has 2 rings (SSSR count). The van der Waals surface area contributed by atoms with Crippen LogP contribution in [0.4, 0.5) is 0 Å². The van der Waals surface area contributed by atoms with Gasteiger partial charge in [0.15, 0.2) is 0 Å². The number of rotatable bonds is 9. The predicted octanol–water partition coefficient (Wildman–Crippen LogP) is 1.64. The monoisotopic (exact) mass is 421 g/mol. The third-order valence-corrected chi connectivity index (χ3v) is 5.99. The number of nitrogens with zero attached hydrogens (tertiary/aromatic N) is 2. The number of amides is 3. The van der Waals surface area contributed by atoms with Gasteiger partial charge in [-0.3, -0.25) is 14.4 Å². The van der Waals surface area contributed by atoms with Crippen molar-refractivity contribution in [2.45, 2.75) is 77.5 Å². The number of likely N-dealkylation sites (N-methyl/N-ethyl adjacent to an activating group) is 1. The van der Waals surface area contributed by atoms with Gasteiger partial charge in [0.05, 0.1) is 12.6 Å². The maximum Gasteiger partial charge on any atom is 0.329 e. The highest BCUT2D eigenvalue weighted by molar-refractivity contribution is 5.96. The molecule has 3 amide bonds. The van der Waals surface area contributed by atoms with Crippen LogP contribution >= 0.6 is 0 Å². The summed E-state index contributed by atoms with van der Waals surface area (Å²) in [6.07, 6.45) is 7.61. The minimum absolute atomic E-state index is 0.0170. The smallest absolute Gasteiger partial charge is 0.329 e. The van der Waals surface area contributed by atoms with Crippen LogP contribution in [0.3, 0.4) is 0 Å². The maximum atomic E-state index is 13.1. The van der Waals surface area contributed by atoms with Gasteiger partial charge < -0.3 is 19.9 Å². The van der Waals surface area contributed by atoms with E-state index >= 15 is 0 Å². The number of ether oxygens (including phenoxy) is 1. The Morgan fingerprint density at radius 2 is 1.83 bits per heavy atom. The van der Waals surface area contributed by atoms with Crippen LogP contribution in [0.15, 0.2) is 11.6 Å². The largest absolute Gasteiger partial charge is 0.461 e. The second kappa shape index (κ2) is 11.1. The second-order valence-corrected chi connectivity index (χ2v) is 8.59. The third-order valence-electron chi connectivity index (χ3n) is 5.99. The molecule has 8 nitrogen and oxygen atoms in total. The predicted molar refractivity (Wildman–Crippen MR) is 112 cm³/mol. The molecule has 1 N–H and O–H groups in total. The fourth-order valence-electron chi connectivity index (χ4n) is 4.23. The topological polar surface area (TPSA) is 96.0 Å². The van der Waals surface area contributed by atoms with Gasteiger partial charge in [0.2, 0.25) is 18.2 Å². The van der Waals surface area contributed by atoms with Gasteiger partial charge >= 0.3 is 5.97 Å². The van der Waals surface area contributed by atoms with E-state index in [1.165, 1.54) is 4.90 Å². The Kier molecular flexibility index (Phi) is 8.87. The van der Waals surface area contributed by atoms with Gasteiger partial charge in [-0.2, -0.15) is 0 Å². The quantitative estimate of drug-likeness (QED) is 0.347. The van der Waals surface area contributed by atoms with E-state index in [0.29, 0.717) is 24.9 Å². The molecular weight excluding hydrogens is 386 g/mol. The molecule has 168 valence electrons. The molecule has 2 aliphatic rings. The molecule has 2 atom stereocenters. The Labute approximate surface area is 179 Å². The van der Waals surface area contributed by atoms with Crippen LogP contribution in [0.25, 0.3) is 0 Å². The highest BCUT2D eigenvalue weighted by Crippen LogP contribution is 2.26. The number of esters is 1. The summed E-state index contributed by atoms with van der Waals surface area (Å²) in [5.41, 5.74) is 0.497. The number of likely N-dealkylation sites (tertiary alicyclic amines) is 1. The first kappa shape index (κ1) is 23.9. The van der Waals surface area contributed by atoms with Crippen LogP contribution in [0.2, 0.25) is 0 Å². The summed E-state index contributed by atoms with van der Waals surface area (Å²) in [4.78, 5) is 51.6. The highest BCUT2D eigenvalue weighted by atomic mass is 16.5. The second-order valence-electron chi connectivity index (χ2n) is 8.59. The molecule has 1 saturated carbocycles. The Morgan fingerprint density at radius 3 is 2.43 bits per heavy atom. The van der Waals surface area contributed by atoms with Gasteiger partial charge in [0, 0.05) is 19.2 Å². The fourth-order valence-corrected chi connectivity index (χ4v) is 4.23. The minimum atomic E-state index is -0.532. The summed E-state index contributed by atoms with van der Waals surface area (Å²) < 4.78 is 5.64. The molecule has 8 heteroatoms. The van der Waals surface area contributed by atoms with Crippen molar-refractivity contribution in [3.63, 3.8) is 0 Å². The average Bonchev–Trinajstić information content (AvgIpc) is 3.40. The number of nitrogens with one attached hydrogen (secondary N) is 1. The lowest BCUT2D eigenvalue weighted by Gasteiger charge is -2.30. The Bertz CT molecular complexity index is 670. The summed E-state index contributed by atoms with van der Waals surface area (Å²) >= 11 is 0. The fraction of sp³-hybridized carbons (Fsp3) is 0.727. The molecule has 2 fully saturated rings. The van der Waals surface area contributed by atoms with E-state index in [0.717, 1.165) is 32.1 Å². The van der Waals surface area contributed by atoms with Crippen molar-refractivity contribution in [2.24, 2.45) is 5.92 Å². The molecule has 1 aliphatic carbocycles. The van der Waals surface area contributed by atoms with Crippen molar-refractivity contribution in [2.75, 3.05) is 20.1 Å². The Hall–Kier alpha value is -2.38. The number of carbonyl (C=O) groups is 4. The van der Waals surface area contributed by atoms with Gasteiger partial charge in [0.1, 0.15) is 12.1 Å². The van der Waals surface area contributed by atoms with E-state index in [1.807, 2.05) is 13.8 Å². The maximum absolute atomic E-state index is 13.1. The van der Waals surface area contributed by atoms with Gasteiger partial charge in [-0.25, -0.2) is 4.79 Å². The number of hydrogen-bond acceptors (Lipinski definition) is 5. The van der Waals surface area contributed by atoms with Crippen LogP contribution in [0, 0.1) is 5.92 Å². The normalized spacial score (nSPS) is 20.9. The molecule has 0 bridgehead atoms. The van der Waals surface area contributed by atoms with Crippen molar-refractivity contribution < 1.29 is 23.9 Å². The standard InChI is InChI=1S/C22H35N3O5/c1-15(2)19(24(4)20(27)13-23-14-26)12-16(3)21(28)25-11-7-10-18(25)22(29)30-17-8-5-6-9-17/h12,14-15,17-19H,5-11,13H2,1-4H3,(H,23,26)/t18-,19+/m0/s1. The minimum Gasteiger partial charge on any atom is -0.461 e. The van der Waals surface area contributed by atoms with Gasteiger partial charge in [0.25, 0.3) is 0 Å². The van der Waals surface area contributed by atoms with E-state index in [9.17, 15) is 19.2 Å². The van der Waals surface area contributed by atoms with Gasteiger partial charge in [-0.1, -0.05) is 19.9 Å². The Balaban J connectivity index is 2.08. The van der Waals surface area contributed by atoms with Gasteiger partial charge in [-0.05, 0) is 51.4 Å². The summed E-state index contributed by atoms with van der Waals surface area (Å²) in [6.45, 7) is 6.09. The summed E-state index contributed by atoms with van der Waals surface area (Å²) in [6, 6.07) is -0.837. The number of carbonyl (C=O) groups excluding carboxylic acids is 4. The highest BCUT2D eigenvalue weighted by Gasteiger charge is 2.37. The summed E-state index contributed by atoms with van der Waals surface area (Å²) in [5.74, 6) is -0.664. The molecule has 0 aromatic carbocycles. The molecule has 30 heavy (non-hydrogen) atoms. The zero-order valence-electron chi connectivity index (χ0n) is 18.6. The average molecular weight is 422 g/mol. The Morgan fingerprint density at radius 1 is 1.17 bits per heavy atom. The third kappa shape index (κ3) is 6.06. The lowest BCUT2D eigenvalue weighted by Crippen LogP contribution is -2.45. The molecule has 0 spiro atoms. The molecule has 1 saturated heterocycles. The van der Waals surface area contributed by atoms with Crippen LogP contribution in [-0.4, -0.2) is 72.3 Å². The van der Waals surface area contributed by atoms with Crippen LogP contribution in [-0.2, 0) is 23.9 Å². The molecule has 0 aromatic rings. The summed E-state index contributed by atoms with van der Waals surface area (Å²) in [7, 11) is 1.66. The SMILES string of the molecule is CC(=C[C@H](C(C)C)N(C)C(=O)CNC=O)C(=O)N1CCC[C@H]1C(=O)OC1CCCC1. The summed E-state index contributed by atoms with van der Waals surface area (Å²) in [5, 5.41) is 2.37. The lowest BCUT2D eigenvalue weighted by atomic mass is 9.99. The van der Waals surface area contributed by atoms with Crippen LogP contribution < -0.4 is 5.32 Å². The first-order valence-corrected chi connectivity index (χ1v) is 10.9. The van der Waals surface area contributed by atoms with Crippen molar-refractivity contribution in [3.8, 4) is 0 Å². The molecule has 1 aliphatic heterocycles. The molecule has 0 aromatic heterocycles.